The van der Waals surface area contributed by atoms with Crippen LogP contribution in [-0.4, -0.2) is 38.6 Å². The summed E-state index contributed by atoms with van der Waals surface area (Å²) in [5, 5.41) is 0. The quantitative estimate of drug-likeness (QED) is 0.636. The molecule has 0 aliphatic rings. The second-order valence-corrected chi connectivity index (χ2v) is 3.77. The van der Waals surface area contributed by atoms with Gasteiger partial charge in [-0.15, -0.1) is 6.58 Å². The Labute approximate surface area is 107 Å². The molecule has 1 aromatic carbocycles. The lowest BCUT2D eigenvalue weighted by Gasteiger charge is -2.18. The van der Waals surface area contributed by atoms with Crippen LogP contribution in [0.5, 0.6) is 11.5 Å². The number of methoxy groups -OCH3 is 2. The van der Waals surface area contributed by atoms with Crippen LogP contribution in [0.15, 0.2) is 24.8 Å². The van der Waals surface area contributed by atoms with Crippen molar-refractivity contribution in [2.24, 2.45) is 0 Å². The number of amides is 1. The van der Waals surface area contributed by atoms with Gasteiger partial charge in [-0.2, -0.15) is 0 Å². The van der Waals surface area contributed by atoms with Gasteiger partial charge in [0.1, 0.15) is 11.5 Å². The van der Waals surface area contributed by atoms with Crippen molar-refractivity contribution in [1.82, 2.24) is 4.90 Å². The summed E-state index contributed by atoms with van der Waals surface area (Å²) >= 11 is 0. The van der Waals surface area contributed by atoms with Gasteiger partial charge >= 0.3 is 0 Å². The molecular formula is C13H18N2O3. The van der Waals surface area contributed by atoms with Gasteiger partial charge < -0.3 is 20.1 Å². The smallest absolute Gasteiger partial charge is 0.256 e. The molecule has 1 amide bonds. The maximum Gasteiger partial charge on any atom is 0.256 e. The summed E-state index contributed by atoms with van der Waals surface area (Å²) in [4.78, 5) is 13.7. The summed E-state index contributed by atoms with van der Waals surface area (Å²) in [5.41, 5.74) is 6.56. The molecule has 5 nitrogen and oxygen atoms in total. The first-order valence-electron chi connectivity index (χ1n) is 5.43. The first-order valence-corrected chi connectivity index (χ1v) is 5.43. The van der Waals surface area contributed by atoms with Crippen molar-refractivity contribution in [3.05, 3.63) is 30.4 Å². The van der Waals surface area contributed by atoms with E-state index in [0.717, 1.165) is 0 Å². The van der Waals surface area contributed by atoms with E-state index in [9.17, 15) is 4.79 Å². The number of nitrogens with two attached hydrogens (primary N) is 1. The first kappa shape index (κ1) is 13.9. The number of carbonyl (C=O) groups excluding carboxylic acids is 1. The van der Waals surface area contributed by atoms with E-state index in [2.05, 4.69) is 6.58 Å². The number of likely N-dealkylation sites (N-methyl/N-ethyl adjacent to an activating group) is 1. The maximum atomic E-state index is 12.2. The zero-order valence-corrected chi connectivity index (χ0v) is 10.9. The Kier molecular flexibility index (Phi) is 4.59. The van der Waals surface area contributed by atoms with E-state index in [1.54, 1.807) is 25.3 Å². The summed E-state index contributed by atoms with van der Waals surface area (Å²) < 4.78 is 10.2. The Hall–Kier alpha value is -2.17. The summed E-state index contributed by atoms with van der Waals surface area (Å²) in [6.07, 6.45) is 1.64. The maximum absolute atomic E-state index is 12.2. The monoisotopic (exact) mass is 250 g/mol. The Morgan fingerprint density at radius 2 is 2.11 bits per heavy atom. The molecule has 98 valence electrons. The fourth-order valence-electron chi connectivity index (χ4n) is 1.55. The van der Waals surface area contributed by atoms with Crippen molar-refractivity contribution in [2.45, 2.75) is 0 Å². The number of nitrogens with zero attached hydrogens (tertiary/aromatic N) is 1. The van der Waals surface area contributed by atoms with E-state index in [4.69, 9.17) is 15.2 Å². The summed E-state index contributed by atoms with van der Waals surface area (Å²) in [6, 6.07) is 3.24. The number of anilines is 1. The lowest BCUT2D eigenvalue weighted by atomic mass is 10.1. The van der Waals surface area contributed by atoms with Crippen LogP contribution in [0.4, 0.5) is 5.69 Å². The van der Waals surface area contributed by atoms with Gasteiger partial charge in [0.25, 0.3) is 5.91 Å². The number of hydrogen-bond donors (Lipinski definition) is 1. The molecule has 0 aliphatic carbocycles. The normalized spacial score (nSPS) is 9.72. The molecule has 0 radical (unpaired) electrons. The molecular weight excluding hydrogens is 232 g/mol. The summed E-state index contributed by atoms with van der Waals surface area (Å²) in [6.45, 7) is 4.03. The third-order valence-corrected chi connectivity index (χ3v) is 2.55. The number of ether oxygens (including phenoxy) is 2. The van der Waals surface area contributed by atoms with Crippen molar-refractivity contribution in [1.29, 1.82) is 0 Å². The second-order valence-electron chi connectivity index (χ2n) is 3.77. The molecule has 0 unspecified atom stereocenters. The predicted octanol–water partition coefficient (Wildman–Crippen LogP) is 1.54. The highest BCUT2D eigenvalue weighted by Crippen LogP contribution is 2.31. The summed E-state index contributed by atoms with van der Waals surface area (Å²) in [5.74, 6) is 0.741. The fourth-order valence-corrected chi connectivity index (χ4v) is 1.55. The summed E-state index contributed by atoms with van der Waals surface area (Å²) in [7, 11) is 4.69. The molecule has 0 saturated carbocycles. The van der Waals surface area contributed by atoms with Crippen molar-refractivity contribution < 1.29 is 14.3 Å². The highest BCUT2D eigenvalue weighted by molar-refractivity contribution is 6.00. The number of carbonyl (C=O) groups is 1. The third kappa shape index (κ3) is 2.74. The van der Waals surface area contributed by atoms with Gasteiger partial charge in [-0.1, -0.05) is 6.08 Å². The topological polar surface area (TPSA) is 64.8 Å². The third-order valence-electron chi connectivity index (χ3n) is 2.55. The highest BCUT2D eigenvalue weighted by atomic mass is 16.5. The first-order chi connectivity index (χ1) is 8.54. The molecule has 0 atom stereocenters. The molecule has 1 aromatic rings. The van der Waals surface area contributed by atoms with Gasteiger partial charge in [0, 0.05) is 19.7 Å². The van der Waals surface area contributed by atoms with E-state index in [-0.39, 0.29) is 5.91 Å². The average Bonchev–Trinajstić information content (AvgIpc) is 2.38. The zero-order valence-electron chi connectivity index (χ0n) is 10.9. The lowest BCUT2D eigenvalue weighted by Crippen LogP contribution is -2.27. The van der Waals surface area contributed by atoms with Crippen LogP contribution >= 0.6 is 0 Å². The van der Waals surface area contributed by atoms with Gasteiger partial charge in [0.2, 0.25) is 0 Å². The predicted molar refractivity (Wildman–Crippen MR) is 71.1 cm³/mol. The SMILES string of the molecule is C=CCN(C)C(=O)c1cc(OC)cc(OC)c1N. The minimum atomic E-state index is -0.204. The molecule has 0 heterocycles. The van der Waals surface area contributed by atoms with Crippen molar-refractivity contribution >= 4 is 11.6 Å². The molecule has 0 aromatic heterocycles. The molecule has 1 rings (SSSR count). The van der Waals surface area contributed by atoms with E-state index in [1.165, 1.54) is 19.1 Å². The van der Waals surface area contributed by atoms with Crippen LogP contribution in [0.3, 0.4) is 0 Å². The molecule has 0 aliphatic heterocycles. The van der Waals surface area contributed by atoms with Crippen LogP contribution in [0.2, 0.25) is 0 Å². The Bertz CT molecular complexity index is 458. The van der Waals surface area contributed by atoms with Crippen molar-refractivity contribution in [3.63, 3.8) is 0 Å². The van der Waals surface area contributed by atoms with E-state index in [1.807, 2.05) is 0 Å². The van der Waals surface area contributed by atoms with Gasteiger partial charge in [-0.05, 0) is 6.07 Å². The lowest BCUT2D eigenvalue weighted by molar-refractivity contribution is 0.0810. The number of rotatable bonds is 5. The molecule has 0 spiro atoms. The van der Waals surface area contributed by atoms with Gasteiger partial charge in [0.15, 0.2) is 0 Å². The Morgan fingerprint density at radius 3 is 2.61 bits per heavy atom. The van der Waals surface area contributed by atoms with Crippen LogP contribution in [0, 0.1) is 0 Å². The van der Waals surface area contributed by atoms with Crippen LogP contribution in [0.25, 0.3) is 0 Å². The van der Waals surface area contributed by atoms with Crippen LogP contribution < -0.4 is 15.2 Å². The molecule has 5 heteroatoms. The number of hydrogen-bond acceptors (Lipinski definition) is 4. The molecule has 0 saturated heterocycles. The minimum absolute atomic E-state index is 0.204. The van der Waals surface area contributed by atoms with E-state index >= 15 is 0 Å². The highest BCUT2D eigenvalue weighted by Gasteiger charge is 2.18. The van der Waals surface area contributed by atoms with Crippen molar-refractivity contribution in [3.8, 4) is 11.5 Å². The van der Waals surface area contributed by atoms with Gasteiger partial charge in [-0.25, -0.2) is 0 Å². The Balaban J connectivity index is 3.21. The van der Waals surface area contributed by atoms with Crippen LogP contribution in [-0.2, 0) is 0 Å². The van der Waals surface area contributed by atoms with E-state index in [0.29, 0.717) is 29.3 Å². The van der Waals surface area contributed by atoms with Gasteiger partial charge in [0.05, 0.1) is 25.5 Å². The standard InChI is InChI=1S/C13H18N2O3/c1-5-6-15(2)13(16)10-7-9(17-3)8-11(18-4)12(10)14/h5,7-8H,1,6,14H2,2-4H3. The van der Waals surface area contributed by atoms with Crippen LogP contribution in [0.1, 0.15) is 10.4 Å². The fraction of sp³-hybridized carbons (Fsp3) is 0.308. The molecule has 0 bridgehead atoms. The minimum Gasteiger partial charge on any atom is -0.497 e. The van der Waals surface area contributed by atoms with Gasteiger partial charge in [-0.3, -0.25) is 4.79 Å². The molecule has 2 N–H and O–H groups in total. The molecule has 0 fully saturated rings. The largest absolute Gasteiger partial charge is 0.497 e. The Morgan fingerprint density at radius 1 is 1.44 bits per heavy atom. The second kappa shape index (κ2) is 5.95. The average molecular weight is 250 g/mol. The zero-order chi connectivity index (χ0) is 13.7. The number of nitrogen functional groups attached to an aromatic ring is 1. The van der Waals surface area contributed by atoms with Crippen molar-refractivity contribution in [2.75, 3.05) is 33.5 Å². The number of benzene rings is 1. The molecule has 18 heavy (non-hydrogen) atoms. The van der Waals surface area contributed by atoms with E-state index < -0.39 is 0 Å².